The largest absolute Gasteiger partial charge is 0.497 e. The van der Waals surface area contributed by atoms with E-state index in [0.29, 0.717) is 11.3 Å². The van der Waals surface area contributed by atoms with Crippen LogP contribution in [0.2, 0.25) is 0 Å². The van der Waals surface area contributed by atoms with Crippen molar-refractivity contribution in [2.24, 2.45) is 17.8 Å². The van der Waals surface area contributed by atoms with Gasteiger partial charge in [-0.3, -0.25) is 14.4 Å². The molecule has 1 aliphatic rings. The molecule has 130 valence electrons. The van der Waals surface area contributed by atoms with Crippen LogP contribution >= 0.6 is 0 Å². The fourth-order valence-corrected chi connectivity index (χ4v) is 3.38. The lowest BCUT2D eigenvalue weighted by Gasteiger charge is -2.30. The van der Waals surface area contributed by atoms with Crippen molar-refractivity contribution in [2.45, 2.75) is 26.4 Å². The van der Waals surface area contributed by atoms with Crippen LogP contribution in [-0.2, 0) is 19.1 Å². The van der Waals surface area contributed by atoms with Gasteiger partial charge in [-0.25, -0.2) is 0 Å². The smallest absolute Gasteiger partial charge is 0.321 e. The zero-order valence-corrected chi connectivity index (χ0v) is 14.5. The van der Waals surface area contributed by atoms with E-state index in [4.69, 9.17) is 14.2 Å². The van der Waals surface area contributed by atoms with Crippen LogP contribution in [0.5, 0.6) is 5.75 Å². The third kappa shape index (κ3) is 3.13. The second-order valence-electron chi connectivity index (χ2n) is 6.43. The van der Waals surface area contributed by atoms with E-state index in [0.717, 1.165) is 0 Å². The van der Waals surface area contributed by atoms with Crippen molar-refractivity contribution >= 4 is 17.7 Å². The third-order valence-electron chi connectivity index (χ3n) is 4.56. The molecule has 1 heterocycles. The number of carbonyl (C=O) groups is 3. The van der Waals surface area contributed by atoms with E-state index in [9.17, 15) is 14.4 Å². The second kappa shape index (κ2) is 6.63. The number of ketones is 1. The van der Waals surface area contributed by atoms with Gasteiger partial charge >= 0.3 is 11.9 Å². The Labute approximate surface area is 141 Å². The summed E-state index contributed by atoms with van der Waals surface area (Å²) in [4.78, 5) is 36.9. The molecule has 1 aliphatic heterocycles. The Kier molecular flexibility index (Phi) is 4.96. The highest BCUT2D eigenvalue weighted by Crippen LogP contribution is 2.43. The summed E-state index contributed by atoms with van der Waals surface area (Å²) < 4.78 is 15.1. The molecular weight excluding hydrogens is 312 g/mol. The van der Waals surface area contributed by atoms with Gasteiger partial charge < -0.3 is 14.2 Å². The number of rotatable bonds is 5. The maximum Gasteiger partial charge on any atom is 0.321 e. The van der Waals surface area contributed by atoms with Crippen molar-refractivity contribution in [3.63, 3.8) is 0 Å². The highest BCUT2D eigenvalue weighted by atomic mass is 16.6. The molecular formula is C18H22O6. The molecule has 0 aromatic heterocycles. The van der Waals surface area contributed by atoms with Crippen molar-refractivity contribution < 1.29 is 28.6 Å². The number of ether oxygens (including phenoxy) is 3. The molecule has 6 heteroatoms. The van der Waals surface area contributed by atoms with Crippen molar-refractivity contribution in [3.8, 4) is 5.75 Å². The molecule has 0 radical (unpaired) electrons. The number of Topliss-reactive ketones (excluding diaryl/α,β-unsaturated/α-hetero) is 1. The quantitative estimate of drug-likeness (QED) is 0.467. The van der Waals surface area contributed by atoms with Crippen molar-refractivity contribution in [2.75, 3.05) is 14.2 Å². The van der Waals surface area contributed by atoms with Gasteiger partial charge in [-0.2, -0.15) is 0 Å². The van der Waals surface area contributed by atoms with Gasteiger partial charge in [-0.15, -0.1) is 0 Å². The maximum atomic E-state index is 12.8. The van der Waals surface area contributed by atoms with Crippen LogP contribution in [0.4, 0.5) is 0 Å². The fraction of sp³-hybridized carbons (Fsp3) is 0.500. The lowest BCUT2D eigenvalue weighted by atomic mass is 9.72. The Morgan fingerprint density at radius 1 is 1.17 bits per heavy atom. The van der Waals surface area contributed by atoms with Crippen LogP contribution < -0.4 is 4.74 Å². The molecule has 0 bridgehead atoms. The number of benzene rings is 1. The SMILES string of the molecule is COC(=O)[C@@H]1C(=O)OC(C)(C)[C@@H]1[C@@H](C)C(=O)c1ccc(OC)cc1. The van der Waals surface area contributed by atoms with Crippen LogP contribution in [0.3, 0.4) is 0 Å². The third-order valence-corrected chi connectivity index (χ3v) is 4.56. The predicted molar refractivity (Wildman–Crippen MR) is 85.7 cm³/mol. The average molecular weight is 334 g/mol. The number of hydrogen-bond donors (Lipinski definition) is 0. The lowest BCUT2D eigenvalue weighted by Crippen LogP contribution is -2.41. The first-order chi connectivity index (χ1) is 11.2. The van der Waals surface area contributed by atoms with E-state index in [2.05, 4.69) is 0 Å². The molecule has 1 fully saturated rings. The molecule has 6 nitrogen and oxygen atoms in total. The molecule has 1 aromatic carbocycles. The zero-order chi connectivity index (χ0) is 18.1. The van der Waals surface area contributed by atoms with Gasteiger partial charge in [0.05, 0.1) is 14.2 Å². The number of carbonyl (C=O) groups excluding carboxylic acids is 3. The first-order valence-corrected chi connectivity index (χ1v) is 7.72. The minimum absolute atomic E-state index is 0.164. The Morgan fingerprint density at radius 2 is 1.75 bits per heavy atom. The number of hydrogen-bond acceptors (Lipinski definition) is 6. The summed E-state index contributed by atoms with van der Waals surface area (Å²) in [6.07, 6.45) is 0. The van der Waals surface area contributed by atoms with Crippen LogP contribution in [0.15, 0.2) is 24.3 Å². The van der Waals surface area contributed by atoms with E-state index in [1.807, 2.05) is 0 Å². The van der Waals surface area contributed by atoms with E-state index in [-0.39, 0.29) is 5.78 Å². The summed E-state index contributed by atoms with van der Waals surface area (Å²) in [6, 6.07) is 6.71. The Morgan fingerprint density at radius 3 is 2.25 bits per heavy atom. The number of esters is 2. The molecule has 1 aromatic rings. The fourth-order valence-electron chi connectivity index (χ4n) is 3.38. The van der Waals surface area contributed by atoms with Gasteiger partial charge in [-0.05, 0) is 38.1 Å². The van der Waals surface area contributed by atoms with Gasteiger partial charge in [0, 0.05) is 17.4 Å². The minimum atomic E-state index is -1.10. The maximum absolute atomic E-state index is 12.8. The van der Waals surface area contributed by atoms with E-state index < -0.39 is 35.3 Å². The van der Waals surface area contributed by atoms with Gasteiger partial charge in [0.15, 0.2) is 11.7 Å². The van der Waals surface area contributed by atoms with Crippen molar-refractivity contribution in [1.82, 2.24) is 0 Å². The Balaban J connectivity index is 2.33. The summed E-state index contributed by atoms with van der Waals surface area (Å²) in [5.41, 5.74) is -0.445. The first-order valence-electron chi connectivity index (χ1n) is 7.72. The Bertz CT molecular complexity index is 646. The Hall–Kier alpha value is -2.37. The van der Waals surface area contributed by atoms with E-state index >= 15 is 0 Å². The molecule has 0 N–H and O–H groups in total. The van der Waals surface area contributed by atoms with Crippen LogP contribution in [0, 0.1) is 17.8 Å². The van der Waals surface area contributed by atoms with Crippen molar-refractivity contribution in [3.05, 3.63) is 29.8 Å². The molecule has 0 saturated carbocycles. The number of cyclic esters (lactones) is 1. The highest BCUT2D eigenvalue weighted by molar-refractivity contribution is 6.01. The summed E-state index contributed by atoms with van der Waals surface area (Å²) >= 11 is 0. The summed E-state index contributed by atoms with van der Waals surface area (Å²) in [5, 5.41) is 0. The van der Waals surface area contributed by atoms with Crippen molar-refractivity contribution in [1.29, 1.82) is 0 Å². The summed E-state index contributed by atoms with van der Waals surface area (Å²) in [6.45, 7) is 5.11. The molecule has 0 spiro atoms. The molecule has 1 saturated heterocycles. The standard InChI is InChI=1S/C18H22O6/c1-10(15(19)11-6-8-12(22-4)9-7-11)14-13(16(20)23-5)17(21)24-18(14,2)3/h6-10,13-14H,1-5H3/t10-,13-,14-/m1/s1. The van der Waals surface area contributed by atoms with Gasteiger partial charge in [0.2, 0.25) is 0 Å². The van der Waals surface area contributed by atoms with E-state index in [1.165, 1.54) is 7.11 Å². The average Bonchev–Trinajstić information content (AvgIpc) is 2.81. The minimum Gasteiger partial charge on any atom is -0.497 e. The molecule has 24 heavy (non-hydrogen) atoms. The molecule has 2 rings (SSSR count). The molecule has 0 aliphatic carbocycles. The normalized spacial score (nSPS) is 23.3. The van der Waals surface area contributed by atoms with Gasteiger partial charge in [-0.1, -0.05) is 6.92 Å². The monoisotopic (exact) mass is 334 g/mol. The molecule has 3 atom stereocenters. The van der Waals surface area contributed by atoms with Crippen LogP contribution in [0.1, 0.15) is 31.1 Å². The molecule has 0 amide bonds. The lowest BCUT2D eigenvalue weighted by molar-refractivity contribution is -0.156. The summed E-state index contributed by atoms with van der Waals surface area (Å²) in [7, 11) is 2.76. The van der Waals surface area contributed by atoms with Crippen LogP contribution in [0.25, 0.3) is 0 Å². The van der Waals surface area contributed by atoms with Crippen LogP contribution in [-0.4, -0.2) is 37.5 Å². The second-order valence-corrected chi connectivity index (χ2v) is 6.43. The van der Waals surface area contributed by atoms with E-state index in [1.54, 1.807) is 52.1 Å². The first kappa shape index (κ1) is 18.0. The molecule has 0 unspecified atom stereocenters. The van der Waals surface area contributed by atoms with Gasteiger partial charge in [0.25, 0.3) is 0 Å². The summed E-state index contributed by atoms with van der Waals surface area (Å²) in [5.74, 6) is -3.14. The van der Waals surface area contributed by atoms with Gasteiger partial charge in [0.1, 0.15) is 11.4 Å². The highest BCUT2D eigenvalue weighted by Gasteiger charge is 2.57. The predicted octanol–water partition coefficient (Wildman–Crippen LogP) is 2.25. The topological polar surface area (TPSA) is 78.9 Å². The zero-order valence-electron chi connectivity index (χ0n) is 14.5. The number of methoxy groups -OCH3 is 2.